The summed E-state index contributed by atoms with van der Waals surface area (Å²) in [6.45, 7) is 5.51. The number of halogens is 2. The summed E-state index contributed by atoms with van der Waals surface area (Å²) < 4.78 is 36.9. The molecule has 0 spiro atoms. The van der Waals surface area contributed by atoms with Crippen molar-refractivity contribution in [2.45, 2.75) is 58.8 Å². The Morgan fingerprint density at radius 2 is 1.93 bits per heavy atom. The number of rotatable bonds is 12. The van der Waals surface area contributed by atoms with Crippen molar-refractivity contribution in [2.75, 3.05) is 13.7 Å². The van der Waals surface area contributed by atoms with E-state index in [1.165, 1.54) is 12.3 Å². The Kier molecular flexibility index (Phi) is 8.81. The van der Waals surface area contributed by atoms with Crippen LogP contribution in [0.15, 0.2) is 52.9 Å². The molecule has 1 fully saturated rings. The van der Waals surface area contributed by atoms with Crippen LogP contribution >= 0.6 is 0 Å². The van der Waals surface area contributed by atoms with Gasteiger partial charge in [-0.2, -0.15) is 4.39 Å². The van der Waals surface area contributed by atoms with E-state index in [0.29, 0.717) is 34.1 Å². The number of aliphatic hydroxyl groups is 4. The number of imidazole rings is 1. The predicted molar refractivity (Wildman–Crippen MR) is 150 cm³/mol. The maximum Gasteiger partial charge on any atom is 0.343 e. The van der Waals surface area contributed by atoms with Gasteiger partial charge in [0.1, 0.15) is 5.65 Å². The molecule has 2 heterocycles. The molecule has 1 atom stereocenters. The maximum absolute atomic E-state index is 15.1. The lowest BCUT2D eigenvalue weighted by molar-refractivity contribution is -0.332. The molecule has 4 rings (SSSR count). The van der Waals surface area contributed by atoms with Gasteiger partial charge in [-0.3, -0.25) is 4.99 Å². The molecule has 1 aliphatic carbocycles. The Morgan fingerprint density at radius 3 is 2.56 bits per heavy atom. The first kappa shape index (κ1) is 30.5. The van der Waals surface area contributed by atoms with E-state index < -0.39 is 29.3 Å². The molecule has 1 aromatic carbocycles. The van der Waals surface area contributed by atoms with Crippen LogP contribution in [0.5, 0.6) is 5.75 Å². The molecule has 10 nitrogen and oxygen atoms in total. The van der Waals surface area contributed by atoms with Crippen LogP contribution in [0, 0.1) is 23.0 Å². The van der Waals surface area contributed by atoms with Crippen molar-refractivity contribution >= 4 is 11.4 Å². The number of nitrogens with one attached hydrogen (secondary N) is 1. The van der Waals surface area contributed by atoms with Gasteiger partial charge >= 0.3 is 6.10 Å². The standard InChI is InChI=1S/C29H37F2N5O5/c1-16(33-4)20(25(32)27(37)28(2,3)18-6-7-18)11-12-41-26-21(8-9-22(30)24(26)31)17-5-10-23-34-13-19(36(23)15-17)14-35-29(38,39)40/h5,8-10,13,15,18,27,35,37-40H,6-7,11-12,14,32H2,1-4H3/b25-20-,33-16?. The quantitative estimate of drug-likeness (QED) is 0.143. The fourth-order valence-corrected chi connectivity index (χ4v) is 4.97. The number of pyridine rings is 1. The smallest absolute Gasteiger partial charge is 0.343 e. The Hall–Kier alpha value is -3.42. The normalized spacial score (nSPS) is 16.2. The lowest BCUT2D eigenvalue weighted by Crippen LogP contribution is -2.44. The molecule has 0 bridgehead atoms. The molecule has 12 heteroatoms. The highest BCUT2D eigenvalue weighted by Crippen LogP contribution is 2.48. The second kappa shape index (κ2) is 11.8. The first-order chi connectivity index (χ1) is 19.2. The fourth-order valence-electron chi connectivity index (χ4n) is 4.97. The molecule has 3 aromatic rings. The Morgan fingerprint density at radius 1 is 1.22 bits per heavy atom. The van der Waals surface area contributed by atoms with E-state index in [0.717, 1.165) is 18.9 Å². The van der Waals surface area contributed by atoms with Gasteiger partial charge in [-0.15, -0.1) is 0 Å². The largest absolute Gasteiger partial charge is 0.489 e. The summed E-state index contributed by atoms with van der Waals surface area (Å²) in [5.41, 5.74) is 9.23. The third-order valence-electron chi connectivity index (χ3n) is 7.80. The second-order valence-corrected chi connectivity index (χ2v) is 11.0. The van der Waals surface area contributed by atoms with E-state index in [4.69, 9.17) is 25.8 Å². The molecule has 1 unspecified atom stereocenters. The zero-order chi connectivity index (χ0) is 30.1. The summed E-state index contributed by atoms with van der Waals surface area (Å²) in [7, 11) is 1.61. The summed E-state index contributed by atoms with van der Waals surface area (Å²) in [5, 5.41) is 40.7. The van der Waals surface area contributed by atoms with Gasteiger partial charge in [0.05, 0.1) is 24.6 Å². The highest BCUT2D eigenvalue weighted by atomic mass is 19.2. The SMILES string of the molecule is CN=C(C)/C(CCOc1c(-c2ccc3ncc(CNC(O)(O)O)n3c2)ccc(F)c1F)=C(\N)C(O)C(C)(C)C1CC1. The van der Waals surface area contributed by atoms with Crippen molar-refractivity contribution in [1.29, 1.82) is 0 Å². The molecule has 0 aliphatic heterocycles. The predicted octanol–water partition coefficient (Wildman–Crippen LogP) is 2.83. The van der Waals surface area contributed by atoms with Gasteiger partial charge in [-0.05, 0) is 60.9 Å². The van der Waals surface area contributed by atoms with Gasteiger partial charge in [0.25, 0.3) is 0 Å². The monoisotopic (exact) mass is 573 g/mol. The highest BCUT2D eigenvalue weighted by Gasteiger charge is 2.44. The lowest BCUT2D eigenvalue weighted by atomic mass is 9.78. The summed E-state index contributed by atoms with van der Waals surface area (Å²) in [6, 6.07) is 5.72. The van der Waals surface area contributed by atoms with E-state index in [9.17, 15) is 9.50 Å². The van der Waals surface area contributed by atoms with E-state index in [1.807, 2.05) is 13.8 Å². The molecule has 1 aliphatic rings. The summed E-state index contributed by atoms with van der Waals surface area (Å²) in [5.74, 6) is -2.16. The second-order valence-electron chi connectivity index (χ2n) is 11.0. The van der Waals surface area contributed by atoms with Crippen LogP contribution in [-0.4, -0.2) is 61.4 Å². The molecule has 0 amide bonds. The molecular weight excluding hydrogens is 536 g/mol. The number of hydrogen-bond acceptors (Lipinski definition) is 9. The molecule has 41 heavy (non-hydrogen) atoms. The van der Waals surface area contributed by atoms with E-state index in [2.05, 4.69) is 15.3 Å². The van der Waals surface area contributed by atoms with Crippen molar-refractivity contribution < 1.29 is 33.9 Å². The lowest BCUT2D eigenvalue weighted by Gasteiger charge is -2.32. The van der Waals surface area contributed by atoms with Gasteiger partial charge in [-0.1, -0.05) is 13.8 Å². The third-order valence-corrected chi connectivity index (χ3v) is 7.80. The van der Waals surface area contributed by atoms with Crippen molar-refractivity contribution in [2.24, 2.45) is 22.1 Å². The molecule has 7 N–H and O–H groups in total. The number of ether oxygens (including phenoxy) is 1. The van der Waals surface area contributed by atoms with Gasteiger partial charge in [0, 0.05) is 48.7 Å². The Labute approximate surface area is 236 Å². The van der Waals surface area contributed by atoms with Crippen molar-refractivity contribution in [1.82, 2.24) is 14.7 Å². The highest BCUT2D eigenvalue weighted by molar-refractivity contribution is 5.98. The Bertz CT molecular complexity index is 1470. The number of aliphatic imine (C=N–C) groups is 1. The third kappa shape index (κ3) is 6.74. The molecular formula is C29H37F2N5O5. The molecule has 1 saturated carbocycles. The van der Waals surface area contributed by atoms with E-state index in [1.54, 1.807) is 36.7 Å². The zero-order valence-electron chi connectivity index (χ0n) is 23.5. The first-order valence-electron chi connectivity index (χ1n) is 13.3. The average molecular weight is 574 g/mol. The van der Waals surface area contributed by atoms with Crippen LogP contribution < -0.4 is 15.8 Å². The summed E-state index contributed by atoms with van der Waals surface area (Å²) in [6.07, 6.45) is 1.36. The van der Waals surface area contributed by atoms with Gasteiger partial charge in [0.2, 0.25) is 5.82 Å². The van der Waals surface area contributed by atoms with Crippen LogP contribution in [0.3, 0.4) is 0 Å². The fraction of sp³-hybridized carbons (Fsp3) is 0.448. The van der Waals surface area contributed by atoms with Crippen molar-refractivity contribution in [3.63, 3.8) is 0 Å². The van der Waals surface area contributed by atoms with Crippen LogP contribution in [0.2, 0.25) is 0 Å². The minimum atomic E-state index is -3.08. The summed E-state index contributed by atoms with van der Waals surface area (Å²) in [4.78, 5) is 8.47. The zero-order valence-corrected chi connectivity index (χ0v) is 23.5. The van der Waals surface area contributed by atoms with Gasteiger partial charge in [0.15, 0.2) is 11.6 Å². The molecule has 0 saturated heterocycles. The van der Waals surface area contributed by atoms with Crippen LogP contribution in [0.25, 0.3) is 16.8 Å². The number of nitrogens with two attached hydrogens (primary N) is 1. The number of aliphatic hydroxyl groups excluding tert-OH is 1. The van der Waals surface area contributed by atoms with E-state index >= 15 is 4.39 Å². The van der Waals surface area contributed by atoms with Crippen molar-refractivity contribution in [3.05, 3.63) is 65.3 Å². The number of aromatic nitrogens is 2. The number of fused-ring (bicyclic) bond motifs is 1. The first-order valence-corrected chi connectivity index (χ1v) is 13.3. The topological polar surface area (TPSA) is 158 Å². The average Bonchev–Trinajstić information content (AvgIpc) is 3.72. The molecule has 0 radical (unpaired) electrons. The molecule has 222 valence electrons. The van der Waals surface area contributed by atoms with Crippen LogP contribution in [0.4, 0.5) is 8.78 Å². The van der Waals surface area contributed by atoms with Crippen LogP contribution in [-0.2, 0) is 6.54 Å². The maximum atomic E-state index is 15.1. The minimum Gasteiger partial charge on any atom is -0.489 e. The van der Waals surface area contributed by atoms with Crippen LogP contribution in [0.1, 0.15) is 45.7 Å². The van der Waals surface area contributed by atoms with Gasteiger partial charge in [-0.25, -0.2) is 14.7 Å². The van der Waals surface area contributed by atoms with Gasteiger partial charge < -0.3 is 35.3 Å². The van der Waals surface area contributed by atoms with E-state index in [-0.39, 0.29) is 36.6 Å². The summed E-state index contributed by atoms with van der Waals surface area (Å²) >= 11 is 0. The number of nitrogens with zero attached hydrogens (tertiary/aromatic N) is 3. The minimum absolute atomic E-state index is 0.0685. The van der Waals surface area contributed by atoms with Crippen molar-refractivity contribution in [3.8, 4) is 16.9 Å². The molecule has 2 aromatic heterocycles. The Balaban J connectivity index is 1.62. The number of benzene rings is 1. The number of hydrogen-bond donors (Lipinski definition) is 6.